The second-order valence-corrected chi connectivity index (χ2v) is 9.79. The van der Waals surface area contributed by atoms with Gasteiger partial charge in [-0.1, -0.05) is 61.3 Å². The number of thioether (sulfide) groups is 1. The summed E-state index contributed by atoms with van der Waals surface area (Å²) < 4.78 is 10.9. The number of hydrogen-bond donors (Lipinski definition) is 1. The highest BCUT2D eigenvalue weighted by Crippen LogP contribution is 2.44. The first-order valence-corrected chi connectivity index (χ1v) is 12.0. The average molecular weight is 457 g/mol. The van der Waals surface area contributed by atoms with Gasteiger partial charge >= 0.3 is 0 Å². The monoisotopic (exact) mass is 456 g/mol. The number of benzene rings is 2. The second kappa shape index (κ2) is 8.67. The Labute approximate surface area is 191 Å². The van der Waals surface area contributed by atoms with Crippen LogP contribution < -0.4 is 14.8 Å². The van der Waals surface area contributed by atoms with Gasteiger partial charge in [0.25, 0.3) is 5.91 Å². The lowest BCUT2D eigenvalue weighted by molar-refractivity contribution is -0.129. The number of nitrogens with one attached hydrogen (secondary N) is 1. The molecule has 1 unspecified atom stereocenters. The molecular formula is C24H25ClN2O3S. The molecule has 1 aliphatic carbocycles. The summed E-state index contributed by atoms with van der Waals surface area (Å²) in [6.07, 6.45) is 6.47. The summed E-state index contributed by atoms with van der Waals surface area (Å²) in [4.78, 5) is 16.3. The quantitative estimate of drug-likeness (QED) is 0.575. The van der Waals surface area contributed by atoms with E-state index in [-0.39, 0.29) is 24.2 Å². The number of carbonyl (C=O) groups is 1. The van der Waals surface area contributed by atoms with Crippen molar-refractivity contribution in [3.63, 3.8) is 0 Å². The van der Waals surface area contributed by atoms with Crippen molar-refractivity contribution >= 4 is 41.0 Å². The Balaban J connectivity index is 1.48. The van der Waals surface area contributed by atoms with Crippen molar-refractivity contribution in [3.8, 4) is 11.5 Å². The lowest BCUT2D eigenvalue weighted by Crippen LogP contribution is -2.48. The summed E-state index contributed by atoms with van der Waals surface area (Å²) in [5, 5.41) is 4.10. The van der Waals surface area contributed by atoms with E-state index in [4.69, 9.17) is 21.1 Å². The predicted octanol–water partition coefficient (Wildman–Crippen LogP) is 5.96. The van der Waals surface area contributed by atoms with Crippen LogP contribution in [0.1, 0.15) is 38.2 Å². The minimum absolute atomic E-state index is 0.0610. The topological polar surface area (TPSA) is 50.8 Å². The molecule has 1 N–H and O–H groups in total. The fourth-order valence-corrected chi connectivity index (χ4v) is 5.96. The number of halogens is 1. The number of hydrogen-bond acceptors (Lipinski definition) is 5. The van der Waals surface area contributed by atoms with Crippen LogP contribution >= 0.6 is 23.4 Å². The Morgan fingerprint density at radius 1 is 1.13 bits per heavy atom. The number of ether oxygens (including phenoxy) is 2. The van der Waals surface area contributed by atoms with Crippen molar-refractivity contribution in [2.24, 2.45) is 5.92 Å². The van der Waals surface area contributed by atoms with Crippen LogP contribution in [0.5, 0.6) is 11.5 Å². The number of carbonyl (C=O) groups excluding carboxylic acids is 1. The van der Waals surface area contributed by atoms with Crippen LogP contribution in [0.2, 0.25) is 5.02 Å². The maximum absolute atomic E-state index is 13.6. The Morgan fingerprint density at radius 3 is 2.65 bits per heavy atom. The number of anilines is 1. The molecule has 7 heteroatoms. The number of para-hydroxylation sites is 1. The van der Waals surface area contributed by atoms with Gasteiger partial charge < -0.3 is 19.7 Å². The molecule has 2 aromatic rings. The number of fused-ring (bicyclic) bond motifs is 1. The molecule has 5 rings (SSSR count). The SMILES string of the molecule is C[C@H]1CCCC[C@@H]1N1C(=O)/C(=C/c2cc3c(cc2Cl)OCO3)SC1Nc1ccccc1. The summed E-state index contributed by atoms with van der Waals surface area (Å²) in [5.74, 6) is 1.83. The summed E-state index contributed by atoms with van der Waals surface area (Å²) in [5.41, 5.74) is 1.61. The molecule has 2 fully saturated rings. The van der Waals surface area contributed by atoms with Crippen molar-refractivity contribution in [1.29, 1.82) is 0 Å². The van der Waals surface area contributed by atoms with Gasteiger partial charge in [-0.3, -0.25) is 4.79 Å². The molecule has 1 saturated carbocycles. The van der Waals surface area contributed by atoms with Gasteiger partial charge in [-0.25, -0.2) is 0 Å². The third-order valence-electron chi connectivity index (χ3n) is 6.20. The normalized spacial score (nSPS) is 26.5. The van der Waals surface area contributed by atoms with E-state index in [0.717, 1.165) is 30.5 Å². The maximum Gasteiger partial charge on any atom is 0.262 e. The Morgan fingerprint density at radius 2 is 1.87 bits per heavy atom. The molecule has 0 bridgehead atoms. The average Bonchev–Trinajstić information content (AvgIpc) is 3.34. The van der Waals surface area contributed by atoms with E-state index in [1.54, 1.807) is 17.8 Å². The van der Waals surface area contributed by atoms with Gasteiger partial charge in [-0.15, -0.1) is 0 Å². The van der Waals surface area contributed by atoms with E-state index in [9.17, 15) is 4.79 Å². The Hall–Kier alpha value is -2.31. The van der Waals surface area contributed by atoms with Crippen molar-refractivity contribution in [2.75, 3.05) is 12.1 Å². The Bertz CT molecular complexity index is 1010. The van der Waals surface area contributed by atoms with Crippen LogP contribution in [0.3, 0.4) is 0 Å². The lowest BCUT2D eigenvalue weighted by atomic mass is 9.85. The first-order chi connectivity index (χ1) is 15.1. The van der Waals surface area contributed by atoms with Crippen LogP contribution in [0.4, 0.5) is 5.69 Å². The highest BCUT2D eigenvalue weighted by Gasteiger charge is 2.43. The standard InChI is InChI=1S/C24H25ClN2O3S/c1-15-7-5-6-10-19(15)27-23(28)22(31-24(27)26-17-8-3-2-4-9-17)12-16-11-20-21(13-18(16)25)30-14-29-20/h2-4,8-9,11-13,15,19,24,26H,5-7,10,14H2,1H3/b22-12-/t15-,19-,24?/m0/s1. The largest absolute Gasteiger partial charge is 0.454 e. The van der Waals surface area contributed by atoms with E-state index in [1.165, 1.54) is 6.42 Å². The molecule has 3 aliphatic rings. The molecule has 31 heavy (non-hydrogen) atoms. The minimum Gasteiger partial charge on any atom is -0.454 e. The summed E-state index contributed by atoms with van der Waals surface area (Å²) in [6, 6.07) is 13.9. The van der Waals surface area contributed by atoms with Crippen LogP contribution in [0.25, 0.3) is 6.08 Å². The lowest BCUT2D eigenvalue weighted by Gasteiger charge is -2.39. The molecule has 2 aliphatic heterocycles. The first-order valence-electron chi connectivity index (χ1n) is 10.7. The van der Waals surface area contributed by atoms with Crippen molar-refractivity contribution in [2.45, 2.75) is 44.1 Å². The summed E-state index contributed by atoms with van der Waals surface area (Å²) >= 11 is 8.03. The van der Waals surface area contributed by atoms with E-state index < -0.39 is 0 Å². The number of amides is 1. The number of nitrogens with zero attached hydrogens (tertiary/aromatic N) is 1. The third-order valence-corrected chi connectivity index (χ3v) is 7.64. The molecule has 2 heterocycles. The van der Waals surface area contributed by atoms with Gasteiger partial charge in [0.1, 0.15) is 0 Å². The van der Waals surface area contributed by atoms with Crippen LogP contribution in [0.15, 0.2) is 47.4 Å². The zero-order chi connectivity index (χ0) is 21.4. The van der Waals surface area contributed by atoms with Gasteiger partial charge in [0, 0.05) is 17.8 Å². The third kappa shape index (κ3) is 4.11. The summed E-state index contributed by atoms with van der Waals surface area (Å²) in [6.45, 7) is 2.45. The van der Waals surface area contributed by atoms with Gasteiger partial charge in [0.15, 0.2) is 17.0 Å². The molecule has 1 saturated heterocycles. The van der Waals surface area contributed by atoms with E-state index in [1.807, 2.05) is 47.4 Å². The highest BCUT2D eigenvalue weighted by atomic mass is 35.5. The molecule has 0 radical (unpaired) electrons. The summed E-state index contributed by atoms with van der Waals surface area (Å²) in [7, 11) is 0. The van der Waals surface area contributed by atoms with E-state index in [0.29, 0.717) is 27.3 Å². The Kier molecular flexibility index (Phi) is 5.76. The molecule has 3 atom stereocenters. The van der Waals surface area contributed by atoms with Gasteiger partial charge in [-0.05, 0) is 48.6 Å². The zero-order valence-corrected chi connectivity index (χ0v) is 18.9. The number of rotatable bonds is 4. The molecule has 1 amide bonds. The van der Waals surface area contributed by atoms with Crippen LogP contribution in [-0.4, -0.2) is 29.1 Å². The molecule has 0 spiro atoms. The maximum atomic E-state index is 13.6. The molecule has 2 aromatic carbocycles. The molecular weight excluding hydrogens is 432 g/mol. The molecule has 5 nitrogen and oxygen atoms in total. The van der Waals surface area contributed by atoms with Crippen LogP contribution in [0, 0.1) is 5.92 Å². The highest BCUT2D eigenvalue weighted by molar-refractivity contribution is 8.05. The van der Waals surface area contributed by atoms with Crippen molar-refractivity contribution in [1.82, 2.24) is 4.90 Å². The smallest absolute Gasteiger partial charge is 0.262 e. The predicted molar refractivity (Wildman–Crippen MR) is 125 cm³/mol. The molecule has 162 valence electrons. The van der Waals surface area contributed by atoms with Crippen molar-refractivity contribution in [3.05, 3.63) is 58.0 Å². The fraction of sp³-hybridized carbons (Fsp3) is 0.375. The van der Waals surface area contributed by atoms with Crippen LogP contribution in [-0.2, 0) is 4.79 Å². The fourth-order valence-electron chi connectivity index (χ4n) is 4.55. The first kappa shape index (κ1) is 20.6. The van der Waals surface area contributed by atoms with Gasteiger partial charge in [0.05, 0.1) is 9.93 Å². The second-order valence-electron chi connectivity index (χ2n) is 8.26. The van der Waals surface area contributed by atoms with E-state index in [2.05, 4.69) is 12.2 Å². The van der Waals surface area contributed by atoms with Gasteiger partial charge in [-0.2, -0.15) is 0 Å². The molecule has 0 aromatic heterocycles. The zero-order valence-electron chi connectivity index (χ0n) is 17.3. The van der Waals surface area contributed by atoms with Gasteiger partial charge in [0.2, 0.25) is 6.79 Å². The van der Waals surface area contributed by atoms with Crippen molar-refractivity contribution < 1.29 is 14.3 Å². The minimum atomic E-state index is -0.153. The van der Waals surface area contributed by atoms with E-state index >= 15 is 0 Å².